The summed E-state index contributed by atoms with van der Waals surface area (Å²) in [7, 11) is 0. The highest BCUT2D eigenvalue weighted by Crippen LogP contribution is 2.39. The van der Waals surface area contributed by atoms with E-state index in [1.54, 1.807) is 6.92 Å². The van der Waals surface area contributed by atoms with Crippen molar-refractivity contribution in [2.45, 2.75) is 31.6 Å². The fourth-order valence-corrected chi connectivity index (χ4v) is 1.94. The number of nitrogens with two attached hydrogens (primary N) is 1. The molecule has 0 saturated carbocycles. The summed E-state index contributed by atoms with van der Waals surface area (Å²) in [5, 5.41) is 6.49. The molecule has 6 nitrogen and oxygen atoms in total. The molecule has 0 aromatic carbocycles. The van der Waals surface area contributed by atoms with Gasteiger partial charge in [0, 0.05) is 12.1 Å². The summed E-state index contributed by atoms with van der Waals surface area (Å²) in [5.41, 5.74) is 1.68. The van der Waals surface area contributed by atoms with Gasteiger partial charge in [-0.2, -0.15) is 18.3 Å². The normalized spacial score (nSPS) is 23.2. The van der Waals surface area contributed by atoms with Gasteiger partial charge in [0.25, 0.3) is 5.91 Å². The van der Waals surface area contributed by atoms with Crippen LogP contribution in [-0.2, 0) is 0 Å². The molecule has 1 aliphatic rings. The van der Waals surface area contributed by atoms with Crippen LogP contribution in [0, 0.1) is 0 Å². The lowest BCUT2D eigenvalue weighted by Crippen LogP contribution is -2.38. The van der Waals surface area contributed by atoms with E-state index in [4.69, 9.17) is 5.84 Å². The van der Waals surface area contributed by atoms with E-state index in [2.05, 4.69) is 10.4 Å². The van der Waals surface area contributed by atoms with Crippen molar-refractivity contribution in [1.29, 1.82) is 0 Å². The molecule has 2 rings (SSSR count). The second-order valence-corrected chi connectivity index (χ2v) is 4.17. The molecule has 1 aromatic heterocycles. The second kappa shape index (κ2) is 4.16. The van der Waals surface area contributed by atoms with Crippen molar-refractivity contribution in [2.75, 3.05) is 5.32 Å². The number of hydrogen-bond acceptors (Lipinski definition) is 4. The monoisotopic (exact) mass is 263 g/mol. The summed E-state index contributed by atoms with van der Waals surface area (Å²) in [6.07, 6.45) is -4.55. The van der Waals surface area contributed by atoms with Crippen LogP contribution in [-0.4, -0.2) is 27.9 Å². The number of halogens is 3. The molecule has 18 heavy (non-hydrogen) atoms. The van der Waals surface area contributed by atoms with E-state index >= 15 is 0 Å². The van der Waals surface area contributed by atoms with Gasteiger partial charge >= 0.3 is 6.18 Å². The van der Waals surface area contributed by atoms with Crippen molar-refractivity contribution < 1.29 is 18.0 Å². The number of carbonyl (C=O) groups is 1. The van der Waals surface area contributed by atoms with E-state index in [1.165, 1.54) is 6.07 Å². The molecule has 100 valence electrons. The van der Waals surface area contributed by atoms with Gasteiger partial charge in [-0.05, 0) is 13.3 Å². The number of aromatic nitrogens is 2. The van der Waals surface area contributed by atoms with E-state index in [1.807, 2.05) is 5.43 Å². The maximum atomic E-state index is 12.9. The Bertz CT molecular complexity index is 469. The van der Waals surface area contributed by atoms with Crippen molar-refractivity contribution >= 4 is 11.7 Å². The molecule has 0 radical (unpaired) electrons. The Morgan fingerprint density at radius 3 is 2.89 bits per heavy atom. The number of alkyl halides is 3. The molecule has 0 bridgehead atoms. The zero-order chi connectivity index (χ0) is 13.5. The number of nitrogen functional groups attached to an aromatic ring is 1. The van der Waals surface area contributed by atoms with E-state index in [-0.39, 0.29) is 24.0 Å². The Kier molecular flexibility index (Phi) is 2.93. The number of amides is 1. The number of carbonyl (C=O) groups excluding carboxylic acids is 1. The Morgan fingerprint density at radius 1 is 1.67 bits per heavy atom. The summed E-state index contributed by atoms with van der Waals surface area (Å²) in [6.45, 7) is 1.64. The lowest BCUT2D eigenvalue weighted by Gasteiger charge is -2.31. The Labute approximate surface area is 100 Å². The number of nitrogens with one attached hydrogen (secondary N) is 2. The molecule has 4 N–H and O–H groups in total. The van der Waals surface area contributed by atoms with Crippen LogP contribution in [0.15, 0.2) is 6.07 Å². The van der Waals surface area contributed by atoms with Crippen molar-refractivity contribution in [3.8, 4) is 0 Å². The average molecular weight is 263 g/mol. The highest BCUT2D eigenvalue weighted by atomic mass is 19.4. The van der Waals surface area contributed by atoms with Crippen LogP contribution in [0.5, 0.6) is 0 Å². The van der Waals surface area contributed by atoms with Gasteiger partial charge in [-0.25, -0.2) is 10.5 Å². The standard InChI is InChI=1S/C9H12F3N5O/c1-4-2-6(9(10,11)12)17-7(14-4)3-5(16-17)8(18)15-13/h3-4,6,14H,2,13H2,1H3,(H,15,18). The van der Waals surface area contributed by atoms with Gasteiger partial charge in [0.1, 0.15) is 5.82 Å². The van der Waals surface area contributed by atoms with E-state index in [0.29, 0.717) is 0 Å². The van der Waals surface area contributed by atoms with Gasteiger partial charge in [-0.3, -0.25) is 10.2 Å². The van der Waals surface area contributed by atoms with Crippen LogP contribution in [0.2, 0.25) is 0 Å². The summed E-state index contributed by atoms with van der Waals surface area (Å²) in [6, 6.07) is -0.839. The van der Waals surface area contributed by atoms with Gasteiger partial charge in [0.15, 0.2) is 11.7 Å². The molecule has 2 atom stereocenters. The van der Waals surface area contributed by atoms with Gasteiger partial charge < -0.3 is 5.32 Å². The van der Waals surface area contributed by atoms with Crippen molar-refractivity contribution in [3.63, 3.8) is 0 Å². The molecule has 9 heteroatoms. The predicted octanol–water partition coefficient (Wildman–Crippen LogP) is 0.794. The number of fused-ring (bicyclic) bond motifs is 1. The quantitative estimate of drug-likeness (QED) is 0.397. The third-order valence-corrected chi connectivity index (χ3v) is 2.74. The van der Waals surface area contributed by atoms with Gasteiger partial charge in [0.2, 0.25) is 0 Å². The van der Waals surface area contributed by atoms with E-state index in [9.17, 15) is 18.0 Å². The third kappa shape index (κ3) is 2.13. The van der Waals surface area contributed by atoms with Crippen LogP contribution in [0.4, 0.5) is 19.0 Å². The molecule has 1 aliphatic heterocycles. The van der Waals surface area contributed by atoms with Crippen LogP contribution < -0.4 is 16.6 Å². The first-order valence-electron chi connectivity index (χ1n) is 5.26. The predicted molar refractivity (Wildman–Crippen MR) is 56.7 cm³/mol. The highest BCUT2D eigenvalue weighted by molar-refractivity contribution is 5.92. The molecule has 2 unspecified atom stereocenters. The topological polar surface area (TPSA) is 85.0 Å². The zero-order valence-corrected chi connectivity index (χ0v) is 9.45. The van der Waals surface area contributed by atoms with Gasteiger partial charge in [-0.1, -0.05) is 0 Å². The molecule has 0 saturated heterocycles. The van der Waals surface area contributed by atoms with E-state index in [0.717, 1.165) is 4.68 Å². The molecular formula is C9H12F3N5O. The number of hydrazine groups is 1. The summed E-state index contributed by atoms with van der Waals surface area (Å²) >= 11 is 0. The fourth-order valence-electron chi connectivity index (χ4n) is 1.94. The highest BCUT2D eigenvalue weighted by Gasteiger charge is 2.45. The number of hydrogen-bond donors (Lipinski definition) is 3. The summed E-state index contributed by atoms with van der Waals surface area (Å²) < 4.78 is 39.4. The lowest BCUT2D eigenvalue weighted by molar-refractivity contribution is -0.173. The number of rotatable bonds is 1. The average Bonchev–Trinajstić information content (AvgIpc) is 2.68. The minimum atomic E-state index is -4.41. The summed E-state index contributed by atoms with van der Waals surface area (Å²) in [4.78, 5) is 11.2. The Hall–Kier alpha value is -1.77. The zero-order valence-electron chi connectivity index (χ0n) is 9.45. The summed E-state index contributed by atoms with van der Waals surface area (Å²) in [5.74, 6) is 4.35. The smallest absolute Gasteiger partial charge is 0.368 e. The minimum Gasteiger partial charge on any atom is -0.368 e. The molecule has 1 aromatic rings. The van der Waals surface area contributed by atoms with Crippen LogP contribution >= 0.6 is 0 Å². The van der Waals surface area contributed by atoms with E-state index < -0.39 is 18.1 Å². The number of nitrogens with zero attached hydrogens (tertiary/aromatic N) is 2. The first-order valence-corrected chi connectivity index (χ1v) is 5.26. The fraction of sp³-hybridized carbons (Fsp3) is 0.556. The molecular weight excluding hydrogens is 251 g/mol. The first kappa shape index (κ1) is 12.7. The molecule has 0 fully saturated rings. The first-order chi connectivity index (χ1) is 8.32. The molecule has 1 amide bonds. The largest absolute Gasteiger partial charge is 0.410 e. The molecule has 0 spiro atoms. The SMILES string of the molecule is CC1CC(C(F)(F)F)n2nc(C(=O)NN)cc2N1. The van der Waals surface area contributed by atoms with Gasteiger partial charge in [-0.15, -0.1) is 0 Å². The molecule has 2 heterocycles. The van der Waals surface area contributed by atoms with Crippen LogP contribution in [0.1, 0.15) is 29.9 Å². The van der Waals surface area contributed by atoms with Gasteiger partial charge in [0.05, 0.1) is 0 Å². The Balaban J connectivity index is 2.42. The minimum absolute atomic E-state index is 0.137. The van der Waals surface area contributed by atoms with Crippen LogP contribution in [0.25, 0.3) is 0 Å². The number of anilines is 1. The van der Waals surface area contributed by atoms with Crippen molar-refractivity contribution in [1.82, 2.24) is 15.2 Å². The van der Waals surface area contributed by atoms with Crippen molar-refractivity contribution in [3.05, 3.63) is 11.8 Å². The Morgan fingerprint density at radius 2 is 2.33 bits per heavy atom. The third-order valence-electron chi connectivity index (χ3n) is 2.74. The second-order valence-electron chi connectivity index (χ2n) is 4.17. The lowest BCUT2D eigenvalue weighted by atomic mass is 10.1. The molecule has 0 aliphatic carbocycles. The van der Waals surface area contributed by atoms with Crippen LogP contribution in [0.3, 0.4) is 0 Å². The maximum absolute atomic E-state index is 12.9. The maximum Gasteiger partial charge on any atom is 0.410 e. The van der Waals surface area contributed by atoms with Crippen molar-refractivity contribution in [2.24, 2.45) is 5.84 Å².